The van der Waals surface area contributed by atoms with Crippen molar-refractivity contribution in [2.75, 3.05) is 18.2 Å². The molecule has 6 nitrogen and oxygen atoms in total. The normalized spacial score (nSPS) is 10.5. The number of esters is 1. The van der Waals surface area contributed by atoms with Crippen LogP contribution in [0.5, 0.6) is 0 Å². The molecular formula is C13H20ClN3O3. The summed E-state index contributed by atoms with van der Waals surface area (Å²) in [6, 6.07) is 0. The van der Waals surface area contributed by atoms with Gasteiger partial charge in [0.1, 0.15) is 0 Å². The quantitative estimate of drug-likeness (QED) is 0.431. The van der Waals surface area contributed by atoms with E-state index in [0.717, 1.165) is 6.42 Å². The van der Waals surface area contributed by atoms with Crippen molar-refractivity contribution in [2.24, 2.45) is 0 Å². The second-order valence-electron chi connectivity index (χ2n) is 4.49. The van der Waals surface area contributed by atoms with E-state index in [1.54, 1.807) is 6.92 Å². The van der Waals surface area contributed by atoms with Gasteiger partial charge in [-0.1, -0.05) is 0 Å². The summed E-state index contributed by atoms with van der Waals surface area (Å²) in [6.07, 6.45) is 2.98. The Labute approximate surface area is 122 Å². The van der Waals surface area contributed by atoms with Crippen LogP contribution in [-0.2, 0) is 16.0 Å². The van der Waals surface area contributed by atoms with Crippen molar-refractivity contribution in [3.05, 3.63) is 21.6 Å². The summed E-state index contributed by atoms with van der Waals surface area (Å²) in [6.45, 7) is 2.12. The molecule has 1 aromatic heterocycles. The Balaban J connectivity index is 2.31. The number of hydrogen-bond donors (Lipinski definition) is 2. The molecule has 1 heterocycles. The number of halogens is 1. The van der Waals surface area contributed by atoms with Crippen LogP contribution in [0, 0.1) is 6.92 Å². The van der Waals surface area contributed by atoms with Gasteiger partial charge in [0.15, 0.2) is 0 Å². The first-order valence-electron chi connectivity index (χ1n) is 6.61. The second-order valence-corrected chi connectivity index (χ2v) is 4.86. The molecule has 0 amide bonds. The number of aromatic amines is 1. The number of nitrogens with one attached hydrogen (secondary N) is 1. The SMILES string of the molecule is Cc1nc(N)[nH]c(=O)c1CCCCC(=O)OCCCCl. The standard InChI is InChI=1S/C13H20ClN3O3/c1-9-10(12(19)17-13(15)16-9)5-2-3-6-11(18)20-8-4-7-14/h2-8H2,1H3,(H3,15,16,17,19). The fourth-order valence-electron chi connectivity index (χ4n) is 1.81. The van der Waals surface area contributed by atoms with Crippen molar-refractivity contribution >= 4 is 23.5 Å². The van der Waals surface area contributed by atoms with E-state index in [2.05, 4.69) is 9.97 Å². The minimum absolute atomic E-state index is 0.124. The first-order chi connectivity index (χ1) is 9.54. The molecule has 1 aromatic rings. The van der Waals surface area contributed by atoms with Crippen molar-refractivity contribution in [2.45, 2.75) is 39.0 Å². The lowest BCUT2D eigenvalue weighted by atomic mass is 10.1. The highest BCUT2D eigenvalue weighted by Crippen LogP contribution is 2.07. The number of ether oxygens (including phenoxy) is 1. The highest BCUT2D eigenvalue weighted by Gasteiger charge is 2.08. The minimum atomic E-state index is -0.226. The molecule has 0 saturated carbocycles. The van der Waals surface area contributed by atoms with E-state index in [0.29, 0.717) is 49.4 Å². The number of nitrogens with two attached hydrogens (primary N) is 1. The summed E-state index contributed by atoms with van der Waals surface area (Å²) in [5, 5.41) is 0. The van der Waals surface area contributed by atoms with Crippen LogP contribution >= 0.6 is 11.6 Å². The molecule has 1 rings (SSSR count). The highest BCUT2D eigenvalue weighted by molar-refractivity contribution is 6.17. The fraction of sp³-hybridized carbons (Fsp3) is 0.615. The zero-order valence-electron chi connectivity index (χ0n) is 11.6. The van der Waals surface area contributed by atoms with Gasteiger partial charge in [0.2, 0.25) is 5.95 Å². The molecule has 0 atom stereocenters. The number of H-pyrrole nitrogens is 1. The monoisotopic (exact) mass is 301 g/mol. The molecule has 112 valence electrons. The Kier molecular flexibility index (Phi) is 7.08. The van der Waals surface area contributed by atoms with E-state index >= 15 is 0 Å². The highest BCUT2D eigenvalue weighted by atomic mass is 35.5. The van der Waals surface area contributed by atoms with Crippen LogP contribution in [-0.4, -0.2) is 28.4 Å². The van der Waals surface area contributed by atoms with E-state index in [1.807, 2.05) is 0 Å². The molecule has 0 aliphatic rings. The zero-order chi connectivity index (χ0) is 15.0. The van der Waals surface area contributed by atoms with Crippen molar-refractivity contribution in [3.63, 3.8) is 0 Å². The van der Waals surface area contributed by atoms with E-state index in [9.17, 15) is 9.59 Å². The largest absolute Gasteiger partial charge is 0.466 e. The number of nitrogens with zero attached hydrogens (tertiary/aromatic N) is 1. The van der Waals surface area contributed by atoms with E-state index in [4.69, 9.17) is 22.1 Å². The lowest BCUT2D eigenvalue weighted by molar-refractivity contribution is -0.143. The number of hydrogen-bond acceptors (Lipinski definition) is 5. The zero-order valence-corrected chi connectivity index (χ0v) is 12.3. The average molecular weight is 302 g/mol. The van der Waals surface area contributed by atoms with Crippen LogP contribution in [0.3, 0.4) is 0 Å². The first-order valence-corrected chi connectivity index (χ1v) is 7.15. The molecule has 0 radical (unpaired) electrons. The Hall–Kier alpha value is -1.56. The van der Waals surface area contributed by atoms with Crippen molar-refractivity contribution < 1.29 is 9.53 Å². The number of nitrogen functional groups attached to an aromatic ring is 1. The summed E-state index contributed by atoms with van der Waals surface area (Å²) in [5.41, 5.74) is 6.49. The van der Waals surface area contributed by atoms with Crippen LogP contribution < -0.4 is 11.3 Å². The fourth-order valence-corrected chi connectivity index (χ4v) is 1.92. The topological polar surface area (TPSA) is 98.1 Å². The number of carbonyl (C=O) groups excluding carboxylic acids is 1. The molecule has 0 fully saturated rings. The van der Waals surface area contributed by atoms with Gasteiger partial charge in [0.05, 0.1) is 6.61 Å². The maximum absolute atomic E-state index is 11.7. The Morgan fingerprint density at radius 1 is 1.40 bits per heavy atom. The Morgan fingerprint density at radius 2 is 2.15 bits per heavy atom. The van der Waals surface area contributed by atoms with Crippen molar-refractivity contribution in [3.8, 4) is 0 Å². The summed E-state index contributed by atoms with van der Waals surface area (Å²) < 4.78 is 4.98. The smallest absolute Gasteiger partial charge is 0.305 e. The van der Waals surface area contributed by atoms with Crippen LogP contribution in [0.2, 0.25) is 0 Å². The Bertz CT molecular complexity index is 502. The van der Waals surface area contributed by atoms with Gasteiger partial charge in [-0.3, -0.25) is 14.6 Å². The molecule has 0 aromatic carbocycles. The third-order valence-corrected chi connectivity index (χ3v) is 3.11. The number of unbranched alkanes of at least 4 members (excludes halogenated alkanes) is 1. The van der Waals surface area contributed by atoms with E-state index < -0.39 is 0 Å². The molecule has 0 unspecified atom stereocenters. The molecular weight excluding hydrogens is 282 g/mol. The summed E-state index contributed by atoms with van der Waals surface area (Å²) in [7, 11) is 0. The number of rotatable bonds is 8. The van der Waals surface area contributed by atoms with Gasteiger partial charge in [0, 0.05) is 23.6 Å². The number of anilines is 1. The van der Waals surface area contributed by atoms with E-state index in [1.165, 1.54) is 0 Å². The van der Waals surface area contributed by atoms with Crippen LogP contribution in [0.4, 0.5) is 5.95 Å². The van der Waals surface area contributed by atoms with Gasteiger partial charge in [0.25, 0.3) is 5.56 Å². The molecule has 20 heavy (non-hydrogen) atoms. The second kappa shape index (κ2) is 8.58. The average Bonchev–Trinajstić information content (AvgIpc) is 2.37. The summed E-state index contributed by atoms with van der Waals surface area (Å²) in [4.78, 5) is 29.5. The predicted octanol–water partition coefficient (Wildman–Crippen LogP) is 1.55. The first kappa shape index (κ1) is 16.5. The van der Waals surface area contributed by atoms with Gasteiger partial charge in [-0.15, -0.1) is 11.6 Å². The molecule has 0 spiro atoms. The lowest BCUT2D eigenvalue weighted by Gasteiger charge is -2.05. The van der Waals surface area contributed by atoms with Crippen LogP contribution in [0.1, 0.15) is 36.9 Å². The molecule has 0 aliphatic heterocycles. The van der Waals surface area contributed by atoms with E-state index in [-0.39, 0.29) is 17.5 Å². The third kappa shape index (κ3) is 5.61. The number of carbonyl (C=O) groups is 1. The Morgan fingerprint density at radius 3 is 2.80 bits per heavy atom. The number of alkyl halides is 1. The summed E-state index contributed by atoms with van der Waals surface area (Å²) in [5.74, 6) is 0.384. The van der Waals surface area contributed by atoms with Crippen LogP contribution in [0.15, 0.2) is 4.79 Å². The molecule has 0 bridgehead atoms. The number of aryl methyl sites for hydroxylation is 1. The van der Waals surface area contributed by atoms with Gasteiger partial charge in [-0.25, -0.2) is 4.98 Å². The number of aromatic nitrogens is 2. The molecule has 0 aliphatic carbocycles. The maximum Gasteiger partial charge on any atom is 0.305 e. The lowest BCUT2D eigenvalue weighted by Crippen LogP contribution is -2.18. The van der Waals surface area contributed by atoms with Crippen molar-refractivity contribution in [1.29, 1.82) is 0 Å². The van der Waals surface area contributed by atoms with Crippen molar-refractivity contribution in [1.82, 2.24) is 9.97 Å². The van der Waals surface area contributed by atoms with Gasteiger partial charge in [-0.2, -0.15) is 0 Å². The maximum atomic E-state index is 11.7. The summed E-state index contributed by atoms with van der Waals surface area (Å²) >= 11 is 5.48. The molecule has 0 saturated heterocycles. The van der Waals surface area contributed by atoms with Gasteiger partial charge in [-0.05, 0) is 32.6 Å². The van der Waals surface area contributed by atoms with Gasteiger partial charge < -0.3 is 10.5 Å². The van der Waals surface area contributed by atoms with Gasteiger partial charge >= 0.3 is 5.97 Å². The molecule has 7 heteroatoms. The minimum Gasteiger partial charge on any atom is -0.466 e. The molecule has 3 N–H and O–H groups in total. The van der Waals surface area contributed by atoms with Crippen LogP contribution in [0.25, 0.3) is 0 Å². The predicted molar refractivity (Wildman–Crippen MR) is 77.9 cm³/mol. The third-order valence-electron chi connectivity index (χ3n) is 2.84.